The molecule has 4 rings (SSSR count). The lowest BCUT2D eigenvalue weighted by Gasteiger charge is -2.33. The predicted molar refractivity (Wildman–Crippen MR) is 136 cm³/mol. The molecule has 1 fully saturated rings. The third-order valence-electron chi connectivity index (χ3n) is 5.84. The van der Waals surface area contributed by atoms with E-state index in [0.29, 0.717) is 13.2 Å². The topological polar surface area (TPSA) is 95.7 Å². The quantitative estimate of drug-likeness (QED) is 0.308. The van der Waals surface area contributed by atoms with Crippen LogP contribution in [0.3, 0.4) is 0 Å². The molecule has 2 N–H and O–H groups in total. The average Bonchev–Trinajstić information content (AvgIpc) is 3.19. The number of aromatic nitrogens is 4. The van der Waals surface area contributed by atoms with E-state index in [1.165, 1.54) is 0 Å². The molecule has 32 heavy (non-hydrogen) atoms. The maximum atomic E-state index is 5.14. The molecule has 0 aliphatic carbocycles. The molecule has 0 radical (unpaired) electrons. The smallest absolute Gasteiger partial charge is 0.191 e. The Kier molecular flexibility index (Phi) is 9.05. The second kappa shape index (κ2) is 11.8. The molecule has 176 valence electrons. The van der Waals surface area contributed by atoms with Gasteiger partial charge in [-0.2, -0.15) is 5.10 Å². The Bertz CT molecular complexity index is 878. The minimum absolute atomic E-state index is 0. The summed E-state index contributed by atoms with van der Waals surface area (Å²) in [6.45, 7) is 6.11. The fourth-order valence-electron chi connectivity index (χ4n) is 3.99. The second-order valence-electron chi connectivity index (χ2n) is 8.18. The lowest BCUT2D eigenvalue weighted by Crippen LogP contribution is -2.46. The molecular formula is C21H34IN9O. The van der Waals surface area contributed by atoms with Crippen molar-refractivity contribution in [3.63, 3.8) is 0 Å². The zero-order chi connectivity index (χ0) is 21.6. The first kappa shape index (κ1) is 24.6. The van der Waals surface area contributed by atoms with Gasteiger partial charge in [0.15, 0.2) is 11.8 Å². The monoisotopic (exact) mass is 555 g/mol. The lowest BCUT2D eigenvalue weighted by atomic mass is 10.1. The van der Waals surface area contributed by atoms with Crippen molar-refractivity contribution in [1.29, 1.82) is 0 Å². The highest BCUT2D eigenvalue weighted by atomic mass is 127. The van der Waals surface area contributed by atoms with Crippen LogP contribution in [0.4, 0.5) is 5.82 Å². The van der Waals surface area contributed by atoms with Crippen molar-refractivity contribution in [1.82, 2.24) is 35.3 Å². The summed E-state index contributed by atoms with van der Waals surface area (Å²) in [6.07, 6.45) is 3.84. The van der Waals surface area contributed by atoms with E-state index in [1.54, 1.807) is 14.2 Å². The van der Waals surface area contributed by atoms with E-state index < -0.39 is 0 Å². The van der Waals surface area contributed by atoms with Gasteiger partial charge in [0.1, 0.15) is 18.2 Å². The van der Waals surface area contributed by atoms with Gasteiger partial charge >= 0.3 is 0 Å². The maximum absolute atomic E-state index is 5.14. The van der Waals surface area contributed by atoms with Crippen molar-refractivity contribution in [2.24, 2.45) is 4.99 Å². The van der Waals surface area contributed by atoms with Gasteiger partial charge in [0.05, 0.1) is 6.54 Å². The molecule has 2 aromatic rings. The zero-order valence-electron chi connectivity index (χ0n) is 19.1. The molecule has 10 nitrogen and oxygen atoms in total. The molecule has 0 amide bonds. The third kappa shape index (κ3) is 6.29. The Balaban J connectivity index is 0.00000289. The van der Waals surface area contributed by atoms with Crippen molar-refractivity contribution >= 4 is 35.8 Å². The van der Waals surface area contributed by atoms with Crippen molar-refractivity contribution in [3.8, 4) is 0 Å². The van der Waals surface area contributed by atoms with Crippen LogP contribution in [-0.4, -0.2) is 84.0 Å². The number of aliphatic imine (C=N–C) groups is 1. The van der Waals surface area contributed by atoms with Gasteiger partial charge in [0.25, 0.3) is 0 Å². The highest BCUT2D eigenvalue weighted by Gasteiger charge is 2.22. The van der Waals surface area contributed by atoms with Gasteiger partial charge in [-0.25, -0.2) is 14.6 Å². The highest BCUT2D eigenvalue weighted by molar-refractivity contribution is 14.0. The number of likely N-dealkylation sites (N-methyl/N-ethyl adjacent to an activating group) is 1. The molecule has 0 bridgehead atoms. The number of aryl methyl sites for hydroxylation is 1. The number of halogens is 1. The SMILES string of the molecule is CN=C(NCc1ccc(N2CCN(C)CC2)nc1)NC1CCc2nc(COC)nn2C1.I. The fraction of sp³-hybridized carbons (Fsp3) is 0.619. The molecule has 2 aromatic heterocycles. The normalized spacial score (nSPS) is 19.3. The molecule has 1 atom stereocenters. The number of rotatable bonds is 6. The van der Waals surface area contributed by atoms with Crippen LogP contribution in [0.2, 0.25) is 0 Å². The van der Waals surface area contributed by atoms with Crippen LogP contribution in [0, 0.1) is 0 Å². The van der Waals surface area contributed by atoms with Gasteiger partial charge in [-0.15, -0.1) is 24.0 Å². The zero-order valence-corrected chi connectivity index (χ0v) is 21.5. The van der Waals surface area contributed by atoms with E-state index in [1.807, 2.05) is 10.9 Å². The Labute approximate surface area is 206 Å². The number of nitrogens with zero attached hydrogens (tertiary/aromatic N) is 7. The molecular weight excluding hydrogens is 521 g/mol. The van der Waals surface area contributed by atoms with Crippen molar-refractivity contribution < 1.29 is 4.74 Å². The number of methoxy groups -OCH3 is 1. The molecule has 0 saturated carbocycles. The molecule has 1 saturated heterocycles. The number of guanidine groups is 1. The third-order valence-corrected chi connectivity index (χ3v) is 5.84. The van der Waals surface area contributed by atoms with E-state index in [4.69, 9.17) is 4.74 Å². The standard InChI is InChI=1S/C21H33N9O.HI/c1-22-21(25-17-5-7-20-26-18(15-31-3)27-30(20)14-17)24-13-16-4-6-19(23-12-16)29-10-8-28(2)9-11-29;/h4,6,12,17H,5,7-11,13-15H2,1-3H3,(H2,22,24,25);1H. The minimum atomic E-state index is 0. The molecule has 4 heterocycles. The summed E-state index contributed by atoms with van der Waals surface area (Å²) in [7, 11) is 5.62. The Morgan fingerprint density at radius 1 is 1.25 bits per heavy atom. The van der Waals surface area contributed by atoms with E-state index >= 15 is 0 Å². The van der Waals surface area contributed by atoms with Crippen LogP contribution < -0.4 is 15.5 Å². The predicted octanol–water partition coefficient (Wildman–Crippen LogP) is 0.869. The number of pyridine rings is 1. The van der Waals surface area contributed by atoms with Gasteiger partial charge in [-0.05, 0) is 25.1 Å². The summed E-state index contributed by atoms with van der Waals surface area (Å²) in [5.41, 5.74) is 1.13. The number of fused-ring (bicyclic) bond motifs is 1. The van der Waals surface area contributed by atoms with Crippen LogP contribution in [0.1, 0.15) is 23.6 Å². The minimum Gasteiger partial charge on any atom is -0.377 e. The van der Waals surface area contributed by atoms with Crippen molar-refractivity contribution in [2.45, 2.75) is 38.6 Å². The summed E-state index contributed by atoms with van der Waals surface area (Å²) in [6, 6.07) is 4.51. The van der Waals surface area contributed by atoms with Gasteiger partial charge in [-0.1, -0.05) is 6.07 Å². The summed E-state index contributed by atoms with van der Waals surface area (Å²) in [5.74, 6) is 3.61. The molecule has 0 spiro atoms. The highest BCUT2D eigenvalue weighted by Crippen LogP contribution is 2.15. The maximum Gasteiger partial charge on any atom is 0.191 e. The molecule has 2 aliphatic heterocycles. The Morgan fingerprint density at radius 3 is 2.75 bits per heavy atom. The number of nitrogens with one attached hydrogen (secondary N) is 2. The van der Waals surface area contributed by atoms with E-state index in [2.05, 4.69) is 59.7 Å². The summed E-state index contributed by atoms with van der Waals surface area (Å²) in [4.78, 5) is 18.3. The van der Waals surface area contributed by atoms with E-state index in [-0.39, 0.29) is 30.0 Å². The largest absolute Gasteiger partial charge is 0.377 e. The van der Waals surface area contributed by atoms with Gasteiger partial charge in [0.2, 0.25) is 0 Å². The first-order chi connectivity index (χ1) is 15.1. The average molecular weight is 555 g/mol. The first-order valence-electron chi connectivity index (χ1n) is 10.9. The fourth-order valence-corrected chi connectivity index (χ4v) is 3.99. The van der Waals surface area contributed by atoms with Crippen molar-refractivity contribution in [2.75, 3.05) is 52.3 Å². The molecule has 1 unspecified atom stereocenters. The number of ether oxygens (including phenoxy) is 1. The molecule has 2 aliphatic rings. The number of hydrogen-bond acceptors (Lipinski definition) is 7. The Hall–Kier alpha value is -1.99. The van der Waals surface area contributed by atoms with Crippen LogP contribution in [-0.2, 0) is 30.9 Å². The van der Waals surface area contributed by atoms with Gasteiger partial charge in [-0.3, -0.25) is 4.99 Å². The Morgan fingerprint density at radius 2 is 2.06 bits per heavy atom. The number of hydrogen-bond donors (Lipinski definition) is 2. The molecule has 0 aromatic carbocycles. The van der Waals surface area contributed by atoms with Crippen LogP contribution >= 0.6 is 24.0 Å². The van der Waals surface area contributed by atoms with E-state index in [9.17, 15) is 0 Å². The van der Waals surface area contributed by atoms with Gasteiger partial charge < -0.3 is 25.2 Å². The second-order valence-corrected chi connectivity index (χ2v) is 8.18. The summed E-state index contributed by atoms with van der Waals surface area (Å²) < 4.78 is 7.12. The van der Waals surface area contributed by atoms with Crippen LogP contribution in [0.5, 0.6) is 0 Å². The van der Waals surface area contributed by atoms with E-state index in [0.717, 1.165) is 74.6 Å². The molecule has 11 heteroatoms. The first-order valence-corrected chi connectivity index (χ1v) is 10.9. The van der Waals surface area contributed by atoms with Gasteiger partial charge in [0, 0.05) is 65.5 Å². The lowest BCUT2D eigenvalue weighted by molar-refractivity contribution is 0.177. The van der Waals surface area contributed by atoms with Crippen molar-refractivity contribution in [3.05, 3.63) is 35.5 Å². The number of piperazine rings is 1. The van der Waals surface area contributed by atoms with Crippen LogP contribution in [0.15, 0.2) is 23.3 Å². The number of anilines is 1. The summed E-state index contributed by atoms with van der Waals surface area (Å²) >= 11 is 0. The van der Waals surface area contributed by atoms with Crippen LogP contribution in [0.25, 0.3) is 0 Å². The summed E-state index contributed by atoms with van der Waals surface area (Å²) in [5, 5.41) is 11.4.